The van der Waals surface area contributed by atoms with Gasteiger partial charge in [0.2, 0.25) is 0 Å². The van der Waals surface area contributed by atoms with Gasteiger partial charge in [0.25, 0.3) is 0 Å². The Balaban J connectivity index is 2.63. The number of nitrogens with one attached hydrogen (secondary N) is 1. The van der Waals surface area contributed by atoms with Crippen LogP contribution in [0.1, 0.15) is 25.3 Å². The molecule has 96 valence electrons. The van der Waals surface area contributed by atoms with Crippen LogP contribution >= 0.6 is 15.9 Å². The Hall–Kier alpha value is -0.580. The maximum atomic E-state index is 8.94. The van der Waals surface area contributed by atoms with Gasteiger partial charge in [0.05, 0.1) is 7.11 Å². The topological polar surface area (TPSA) is 41.5 Å². The number of aliphatic hydroxyl groups is 1. The molecule has 1 atom stereocenters. The molecule has 0 amide bonds. The van der Waals surface area contributed by atoms with Crippen molar-refractivity contribution in [3.63, 3.8) is 0 Å². The zero-order valence-corrected chi connectivity index (χ0v) is 12.0. The van der Waals surface area contributed by atoms with Crippen molar-refractivity contribution in [3.05, 3.63) is 28.2 Å². The predicted octanol–water partition coefficient (Wildman–Crippen LogP) is 2.71. The van der Waals surface area contributed by atoms with Crippen molar-refractivity contribution in [2.24, 2.45) is 0 Å². The normalized spacial score (nSPS) is 12.5. The fraction of sp³-hybridized carbons (Fsp3) is 0.538. The third-order valence-corrected chi connectivity index (χ3v) is 3.29. The molecule has 17 heavy (non-hydrogen) atoms. The minimum atomic E-state index is 0.223. The highest BCUT2D eigenvalue weighted by Crippen LogP contribution is 2.23. The molecule has 0 aliphatic heterocycles. The number of benzene rings is 1. The molecule has 1 rings (SSSR count). The van der Waals surface area contributed by atoms with Crippen molar-refractivity contribution in [2.45, 2.75) is 32.4 Å². The van der Waals surface area contributed by atoms with E-state index < -0.39 is 0 Å². The zero-order chi connectivity index (χ0) is 12.7. The van der Waals surface area contributed by atoms with Crippen LogP contribution in [0.25, 0.3) is 0 Å². The summed E-state index contributed by atoms with van der Waals surface area (Å²) in [6.45, 7) is 3.09. The largest absolute Gasteiger partial charge is 0.496 e. The van der Waals surface area contributed by atoms with E-state index in [2.05, 4.69) is 34.2 Å². The Bertz CT molecular complexity index is 344. The highest BCUT2D eigenvalue weighted by atomic mass is 79.9. The Morgan fingerprint density at radius 3 is 2.82 bits per heavy atom. The van der Waals surface area contributed by atoms with Gasteiger partial charge in [0.1, 0.15) is 5.75 Å². The van der Waals surface area contributed by atoms with E-state index in [9.17, 15) is 0 Å². The molecule has 0 aromatic heterocycles. The van der Waals surface area contributed by atoms with Crippen LogP contribution < -0.4 is 10.1 Å². The second-order valence-corrected chi connectivity index (χ2v) is 4.87. The molecule has 0 radical (unpaired) electrons. The molecule has 0 spiro atoms. The summed E-state index contributed by atoms with van der Waals surface area (Å²) in [5.41, 5.74) is 1.12. The molecule has 0 aliphatic rings. The molecule has 0 aliphatic carbocycles. The van der Waals surface area contributed by atoms with Crippen molar-refractivity contribution >= 4 is 15.9 Å². The molecule has 4 heteroatoms. The second kappa shape index (κ2) is 7.69. The maximum Gasteiger partial charge on any atom is 0.123 e. The molecular weight excluding hydrogens is 282 g/mol. The molecule has 1 aromatic rings. The summed E-state index contributed by atoms with van der Waals surface area (Å²) in [5, 5.41) is 12.4. The molecule has 2 N–H and O–H groups in total. The van der Waals surface area contributed by atoms with Gasteiger partial charge in [-0.2, -0.15) is 0 Å². The number of aliphatic hydroxyl groups excluding tert-OH is 1. The molecule has 0 fully saturated rings. The summed E-state index contributed by atoms with van der Waals surface area (Å²) in [7, 11) is 1.68. The third-order valence-electron chi connectivity index (χ3n) is 2.79. The van der Waals surface area contributed by atoms with Crippen LogP contribution in [-0.4, -0.2) is 24.9 Å². The lowest BCUT2D eigenvalue weighted by Gasteiger charge is -2.17. The highest BCUT2D eigenvalue weighted by Gasteiger charge is 2.08. The van der Waals surface area contributed by atoms with E-state index in [0.717, 1.165) is 35.2 Å². The van der Waals surface area contributed by atoms with Gasteiger partial charge in [-0.1, -0.05) is 22.9 Å². The van der Waals surface area contributed by atoms with E-state index in [1.807, 2.05) is 12.1 Å². The minimum absolute atomic E-state index is 0.223. The van der Waals surface area contributed by atoms with Crippen molar-refractivity contribution in [2.75, 3.05) is 13.7 Å². The fourth-order valence-corrected chi connectivity index (χ4v) is 2.15. The minimum Gasteiger partial charge on any atom is -0.496 e. The van der Waals surface area contributed by atoms with Gasteiger partial charge in [-0.25, -0.2) is 0 Å². The lowest BCUT2D eigenvalue weighted by atomic mass is 10.1. The maximum absolute atomic E-state index is 8.94. The van der Waals surface area contributed by atoms with E-state index in [4.69, 9.17) is 9.84 Å². The fourth-order valence-electron chi connectivity index (χ4n) is 1.75. The first kappa shape index (κ1) is 14.5. The van der Waals surface area contributed by atoms with Crippen LogP contribution in [0.5, 0.6) is 5.75 Å². The number of rotatable bonds is 7. The van der Waals surface area contributed by atoms with Gasteiger partial charge in [0.15, 0.2) is 0 Å². The number of ether oxygens (including phenoxy) is 1. The number of methoxy groups -OCH3 is 1. The Kier molecular flexibility index (Phi) is 6.55. The SMILES string of the molecule is CCC(CCO)NCc1cc(Br)ccc1OC. The molecule has 1 aromatic carbocycles. The van der Waals surface area contributed by atoms with E-state index in [1.54, 1.807) is 7.11 Å². The van der Waals surface area contributed by atoms with Crippen LogP contribution in [0.2, 0.25) is 0 Å². The number of hydrogen-bond acceptors (Lipinski definition) is 3. The molecule has 0 saturated heterocycles. The molecule has 1 unspecified atom stereocenters. The lowest BCUT2D eigenvalue weighted by Crippen LogP contribution is -2.29. The molecule has 0 heterocycles. The van der Waals surface area contributed by atoms with Crippen molar-refractivity contribution in [3.8, 4) is 5.75 Å². The quantitative estimate of drug-likeness (QED) is 0.814. The van der Waals surface area contributed by atoms with Gasteiger partial charge in [0, 0.05) is 29.2 Å². The zero-order valence-electron chi connectivity index (χ0n) is 10.4. The lowest BCUT2D eigenvalue weighted by molar-refractivity contribution is 0.261. The summed E-state index contributed by atoms with van der Waals surface area (Å²) < 4.78 is 6.36. The van der Waals surface area contributed by atoms with E-state index in [-0.39, 0.29) is 6.61 Å². The summed E-state index contributed by atoms with van der Waals surface area (Å²) in [6.07, 6.45) is 1.80. The predicted molar refractivity (Wildman–Crippen MR) is 73.3 cm³/mol. The van der Waals surface area contributed by atoms with Crippen LogP contribution in [0.15, 0.2) is 22.7 Å². The average molecular weight is 302 g/mol. The van der Waals surface area contributed by atoms with Gasteiger partial charge >= 0.3 is 0 Å². The van der Waals surface area contributed by atoms with Crippen molar-refractivity contribution in [1.82, 2.24) is 5.32 Å². The molecule has 0 bridgehead atoms. The first-order chi connectivity index (χ1) is 8.21. The Labute approximate surface area is 111 Å². The molecular formula is C13H20BrNO2. The van der Waals surface area contributed by atoms with Crippen molar-refractivity contribution in [1.29, 1.82) is 0 Å². The van der Waals surface area contributed by atoms with Crippen LogP contribution in [-0.2, 0) is 6.54 Å². The van der Waals surface area contributed by atoms with Crippen molar-refractivity contribution < 1.29 is 9.84 Å². The van der Waals surface area contributed by atoms with Gasteiger partial charge in [-0.15, -0.1) is 0 Å². The highest BCUT2D eigenvalue weighted by molar-refractivity contribution is 9.10. The second-order valence-electron chi connectivity index (χ2n) is 3.95. The van der Waals surface area contributed by atoms with Crippen LogP contribution in [0.4, 0.5) is 0 Å². The number of hydrogen-bond donors (Lipinski definition) is 2. The average Bonchev–Trinajstić information content (AvgIpc) is 2.34. The summed E-state index contributed by atoms with van der Waals surface area (Å²) >= 11 is 3.46. The smallest absolute Gasteiger partial charge is 0.123 e. The van der Waals surface area contributed by atoms with Crippen LogP contribution in [0, 0.1) is 0 Å². The standard InChI is InChI=1S/C13H20BrNO2/c1-3-12(6-7-16)15-9-10-8-11(14)4-5-13(10)17-2/h4-5,8,12,15-16H,3,6-7,9H2,1-2H3. The van der Waals surface area contributed by atoms with E-state index >= 15 is 0 Å². The first-order valence-electron chi connectivity index (χ1n) is 5.88. The Morgan fingerprint density at radius 1 is 1.47 bits per heavy atom. The summed E-state index contributed by atoms with van der Waals surface area (Å²) in [6, 6.07) is 6.32. The van der Waals surface area contributed by atoms with Gasteiger partial charge in [-0.3, -0.25) is 0 Å². The third kappa shape index (κ3) is 4.66. The monoisotopic (exact) mass is 301 g/mol. The molecule has 3 nitrogen and oxygen atoms in total. The number of halogens is 1. The Morgan fingerprint density at radius 2 is 2.24 bits per heavy atom. The van der Waals surface area contributed by atoms with Gasteiger partial charge < -0.3 is 15.2 Å². The summed E-state index contributed by atoms with van der Waals surface area (Å²) in [4.78, 5) is 0. The van der Waals surface area contributed by atoms with Gasteiger partial charge in [-0.05, 0) is 31.0 Å². The van der Waals surface area contributed by atoms with E-state index in [0.29, 0.717) is 6.04 Å². The molecule has 0 saturated carbocycles. The van der Waals surface area contributed by atoms with E-state index in [1.165, 1.54) is 0 Å². The summed E-state index contributed by atoms with van der Waals surface area (Å²) in [5.74, 6) is 0.888. The van der Waals surface area contributed by atoms with Crippen LogP contribution in [0.3, 0.4) is 0 Å². The first-order valence-corrected chi connectivity index (χ1v) is 6.67.